The van der Waals surface area contributed by atoms with Crippen LogP contribution in [0, 0.1) is 0 Å². The summed E-state index contributed by atoms with van der Waals surface area (Å²) in [6.07, 6.45) is 3.46. The van der Waals surface area contributed by atoms with Crippen LogP contribution in [0.2, 0.25) is 0 Å². The first-order chi connectivity index (χ1) is 7.66. The second kappa shape index (κ2) is 4.13. The van der Waals surface area contributed by atoms with Gasteiger partial charge in [-0.15, -0.1) is 0 Å². The minimum atomic E-state index is -0.889. The van der Waals surface area contributed by atoms with Crippen LogP contribution in [-0.4, -0.2) is 30.8 Å². The molecule has 7 heteroatoms. The fourth-order valence-electron chi connectivity index (χ4n) is 1.25. The lowest BCUT2D eigenvalue weighted by Gasteiger charge is -1.92. The Balaban J connectivity index is 2.14. The largest absolute Gasteiger partial charge is 0.481 e. The Hall–Kier alpha value is -2.18. The summed E-state index contributed by atoms with van der Waals surface area (Å²) < 4.78 is 6.68. The Bertz CT molecular complexity index is 502. The number of nitrogens with zero attached hydrogens (tertiary/aromatic N) is 4. The molecule has 0 aliphatic rings. The number of carbonyl (C=O) groups is 1. The van der Waals surface area contributed by atoms with Gasteiger partial charge in [-0.05, 0) is 0 Å². The Morgan fingerprint density at radius 1 is 1.62 bits per heavy atom. The molecule has 2 heterocycles. The van der Waals surface area contributed by atoms with Crippen molar-refractivity contribution in [1.29, 1.82) is 0 Å². The molecule has 0 fully saturated rings. The quantitative estimate of drug-likeness (QED) is 0.808. The zero-order chi connectivity index (χ0) is 11.5. The van der Waals surface area contributed by atoms with Crippen LogP contribution < -0.4 is 0 Å². The summed E-state index contributed by atoms with van der Waals surface area (Å²) in [7, 11) is 1.82. The predicted octanol–water partition coefficient (Wildman–Crippen LogP) is 0.487. The molecule has 84 valence electrons. The van der Waals surface area contributed by atoms with Crippen LogP contribution in [0.4, 0.5) is 0 Å². The maximum Gasteiger partial charge on any atom is 0.303 e. The van der Waals surface area contributed by atoms with Crippen LogP contribution in [0.15, 0.2) is 17.0 Å². The number of aliphatic carboxylic acids is 1. The molecular weight excluding hydrogens is 212 g/mol. The average molecular weight is 222 g/mol. The van der Waals surface area contributed by atoms with Gasteiger partial charge in [-0.2, -0.15) is 4.98 Å². The van der Waals surface area contributed by atoms with Gasteiger partial charge in [0.15, 0.2) is 0 Å². The van der Waals surface area contributed by atoms with Crippen molar-refractivity contribution < 1.29 is 14.4 Å². The smallest absolute Gasteiger partial charge is 0.303 e. The summed E-state index contributed by atoms with van der Waals surface area (Å²) in [6.45, 7) is 0. The SMILES string of the molecule is Cn1cncc1-c1noc(CCC(=O)O)n1. The highest BCUT2D eigenvalue weighted by atomic mass is 16.5. The third-order valence-corrected chi connectivity index (χ3v) is 2.07. The first-order valence-electron chi connectivity index (χ1n) is 4.68. The molecule has 0 aliphatic carbocycles. The minimum absolute atomic E-state index is 0.0208. The van der Waals surface area contributed by atoms with Crippen LogP contribution in [0.1, 0.15) is 12.3 Å². The monoisotopic (exact) mass is 222 g/mol. The van der Waals surface area contributed by atoms with Gasteiger partial charge in [-0.1, -0.05) is 5.16 Å². The molecule has 0 bridgehead atoms. The van der Waals surface area contributed by atoms with Crippen LogP contribution in [-0.2, 0) is 18.3 Å². The minimum Gasteiger partial charge on any atom is -0.481 e. The lowest BCUT2D eigenvalue weighted by molar-refractivity contribution is -0.137. The van der Waals surface area contributed by atoms with E-state index < -0.39 is 5.97 Å². The van der Waals surface area contributed by atoms with Crippen molar-refractivity contribution in [3.63, 3.8) is 0 Å². The number of aromatic nitrogens is 4. The highest BCUT2D eigenvalue weighted by Gasteiger charge is 2.12. The molecule has 0 aliphatic heterocycles. The number of hydrogen-bond donors (Lipinski definition) is 1. The van der Waals surface area contributed by atoms with Crippen molar-refractivity contribution >= 4 is 5.97 Å². The molecule has 16 heavy (non-hydrogen) atoms. The highest BCUT2D eigenvalue weighted by molar-refractivity contribution is 5.66. The van der Waals surface area contributed by atoms with Gasteiger partial charge in [-0.3, -0.25) is 4.79 Å². The number of aryl methyl sites for hydroxylation is 2. The van der Waals surface area contributed by atoms with E-state index in [2.05, 4.69) is 15.1 Å². The number of carboxylic acid groups (broad SMARTS) is 1. The second-order valence-corrected chi connectivity index (χ2v) is 3.30. The van der Waals surface area contributed by atoms with Gasteiger partial charge in [0, 0.05) is 13.5 Å². The number of imidazole rings is 1. The van der Waals surface area contributed by atoms with Crippen molar-refractivity contribution in [2.45, 2.75) is 12.8 Å². The van der Waals surface area contributed by atoms with Crippen molar-refractivity contribution in [3.05, 3.63) is 18.4 Å². The fourth-order valence-corrected chi connectivity index (χ4v) is 1.25. The van der Waals surface area contributed by atoms with Crippen molar-refractivity contribution in [3.8, 4) is 11.5 Å². The maximum atomic E-state index is 10.4. The molecule has 0 saturated heterocycles. The van der Waals surface area contributed by atoms with E-state index in [-0.39, 0.29) is 12.8 Å². The van der Waals surface area contributed by atoms with Gasteiger partial charge in [0.25, 0.3) is 0 Å². The van der Waals surface area contributed by atoms with Gasteiger partial charge < -0.3 is 14.2 Å². The van der Waals surface area contributed by atoms with E-state index in [1.54, 1.807) is 17.1 Å². The third-order valence-electron chi connectivity index (χ3n) is 2.07. The van der Waals surface area contributed by atoms with Gasteiger partial charge in [0.2, 0.25) is 11.7 Å². The summed E-state index contributed by atoms with van der Waals surface area (Å²) >= 11 is 0. The van der Waals surface area contributed by atoms with E-state index in [0.29, 0.717) is 11.7 Å². The van der Waals surface area contributed by atoms with Gasteiger partial charge >= 0.3 is 5.97 Å². The van der Waals surface area contributed by atoms with Crippen LogP contribution in [0.25, 0.3) is 11.5 Å². The highest BCUT2D eigenvalue weighted by Crippen LogP contribution is 2.14. The van der Waals surface area contributed by atoms with Gasteiger partial charge in [0.1, 0.15) is 5.69 Å². The molecule has 2 rings (SSSR count). The molecule has 0 spiro atoms. The Labute approximate surface area is 90.7 Å². The van der Waals surface area contributed by atoms with Gasteiger partial charge in [-0.25, -0.2) is 4.98 Å². The lowest BCUT2D eigenvalue weighted by atomic mass is 10.3. The molecule has 2 aromatic rings. The van der Waals surface area contributed by atoms with Crippen molar-refractivity contribution in [2.75, 3.05) is 0 Å². The summed E-state index contributed by atoms with van der Waals surface area (Å²) in [4.78, 5) is 18.4. The topological polar surface area (TPSA) is 94.0 Å². The standard InChI is InChI=1S/C9H10N4O3/c1-13-5-10-4-6(13)9-11-7(16-12-9)2-3-8(14)15/h4-5H,2-3H2,1H3,(H,14,15). The van der Waals surface area contributed by atoms with Crippen LogP contribution in [0.5, 0.6) is 0 Å². The molecule has 0 aromatic carbocycles. The molecular formula is C9H10N4O3. The van der Waals surface area contributed by atoms with E-state index in [1.165, 1.54) is 0 Å². The average Bonchev–Trinajstić information content (AvgIpc) is 2.83. The normalized spacial score (nSPS) is 10.6. The van der Waals surface area contributed by atoms with E-state index in [1.807, 2.05) is 7.05 Å². The molecule has 7 nitrogen and oxygen atoms in total. The van der Waals surface area contributed by atoms with E-state index in [4.69, 9.17) is 9.63 Å². The first-order valence-corrected chi connectivity index (χ1v) is 4.68. The molecule has 2 aromatic heterocycles. The predicted molar refractivity (Wildman–Crippen MR) is 52.5 cm³/mol. The number of carboxylic acids is 1. The van der Waals surface area contributed by atoms with Crippen molar-refractivity contribution in [2.24, 2.45) is 7.05 Å². The van der Waals surface area contributed by atoms with E-state index in [0.717, 1.165) is 5.69 Å². The van der Waals surface area contributed by atoms with Gasteiger partial charge in [0.05, 0.1) is 18.9 Å². The molecule has 0 atom stereocenters. The Kier molecular flexibility index (Phi) is 2.67. The third kappa shape index (κ3) is 2.08. The Morgan fingerprint density at radius 3 is 3.06 bits per heavy atom. The fraction of sp³-hybridized carbons (Fsp3) is 0.333. The van der Waals surface area contributed by atoms with E-state index >= 15 is 0 Å². The first kappa shape index (κ1) is 10.3. The molecule has 1 N–H and O–H groups in total. The van der Waals surface area contributed by atoms with E-state index in [9.17, 15) is 4.79 Å². The van der Waals surface area contributed by atoms with Crippen LogP contribution >= 0.6 is 0 Å². The lowest BCUT2D eigenvalue weighted by Crippen LogP contribution is -1.97. The zero-order valence-corrected chi connectivity index (χ0v) is 8.62. The summed E-state index contributed by atoms with van der Waals surface area (Å²) in [5.74, 6) is -0.153. The number of hydrogen-bond acceptors (Lipinski definition) is 5. The van der Waals surface area contributed by atoms with Crippen molar-refractivity contribution in [1.82, 2.24) is 19.7 Å². The number of rotatable bonds is 4. The molecule has 0 radical (unpaired) electrons. The van der Waals surface area contributed by atoms with Crippen LogP contribution in [0.3, 0.4) is 0 Å². The zero-order valence-electron chi connectivity index (χ0n) is 8.62. The molecule has 0 amide bonds. The molecule has 0 saturated carbocycles. The second-order valence-electron chi connectivity index (χ2n) is 3.30. The summed E-state index contributed by atoms with van der Waals surface area (Å²) in [6, 6.07) is 0. The molecule has 0 unspecified atom stereocenters. The summed E-state index contributed by atoms with van der Waals surface area (Å²) in [5.41, 5.74) is 0.727. The summed E-state index contributed by atoms with van der Waals surface area (Å²) in [5, 5.41) is 12.3. The Morgan fingerprint density at radius 2 is 2.44 bits per heavy atom. The maximum absolute atomic E-state index is 10.4.